The van der Waals surface area contributed by atoms with Crippen LogP contribution in [0.4, 0.5) is 22.6 Å². The van der Waals surface area contributed by atoms with Crippen molar-refractivity contribution >= 4 is 77.8 Å². The number of amides is 4. The zero-order chi connectivity index (χ0) is 58.6. The summed E-state index contributed by atoms with van der Waals surface area (Å²) in [5, 5.41) is 34.7. The second kappa shape index (κ2) is 22.7. The molecule has 21 heteroatoms. The number of anilines is 4. The first kappa shape index (κ1) is 57.5. The first-order valence-corrected chi connectivity index (χ1v) is 31.5. The van der Waals surface area contributed by atoms with Crippen LogP contribution in [0, 0.1) is 54.8 Å². The Bertz CT molecular complexity index is 3570. The lowest BCUT2D eigenvalue weighted by atomic mass is 9.49. The van der Waals surface area contributed by atoms with Gasteiger partial charge in [0, 0.05) is 55.4 Å². The van der Waals surface area contributed by atoms with Crippen molar-refractivity contribution in [3.8, 4) is 23.5 Å². The van der Waals surface area contributed by atoms with Gasteiger partial charge in [-0.25, -0.2) is 23.1 Å². The molecule has 1 saturated heterocycles. The number of fused-ring (bicyclic) bond motifs is 1. The Hall–Kier alpha value is -7.28. The molecular weight excluding hydrogens is 1090 g/mol. The van der Waals surface area contributed by atoms with E-state index in [-0.39, 0.29) is 42.8 Å². The van der Waals surface area contributed by atoms with Crippen molar-refractivity contribution in [2.75, 3.05) is 29.6 Å². The summed E-state index contributed by atoms with van der Waals surface area (Å²) in [6.07, 6.45) is 16.2. The van der Waals surface area contributed by atoms with Gasteiger partial charge in [0.15, 0.2) is 16.8 Å². The molecule has 0 radical (unpaired) electrons. The number of nitrogens with zero attached hydrogens (tertiary/aromatic N) is 8. The molecule has 4 bridgehead atoms. The second-order valence-electron chi connectivity index (χ2n) is 25.3. The van der Waals surface area contributed by atoms with E-state index in [4.69, 9.17) is 16.5 Å². The molecule has 1 aliphatic heterocycles. The summed E-state index contributed by atoms with van der Waals surface area (Å²) in [7, 11) is -2.46. The van der Waals surface area contributed by atoms with Crippen molar-refractivity contribution in [1.29, 1.82) is 0 Å². The zero-order valence-electron chi connectivity index (χ0n) is 48.1. The van der Waals surface area contributed by atoms with Crippen molar-refractivity contribution in [1.82, 2.24) is 50.2 Å². The lowest BCUT2D eigenvalue weighted by Gasteiger charge is -2.56. The van der Waals surface area contributed by atoms with Crippen LogP contribution in [0.1, 0.15) is 137 Å². The van der Waals surface area contributed by atoms with Crippen LogP contribution < -0.4 is 25.6 Å². The number of sulfonamides is 1. The second-order valence-corrected chi connectivity index (χ2v) is 28.2. The molecule has 436 valence electrons. The van der Waals surface area contributed by atoms with Crippen molar-refractivity contribution in [3.05, 3.63) is 101 Å². The molecule has 6 aromatic rings. The summed E-state index contributed by atoms with van der Waals surface area (Å²) >= 11 is 1.51. The fourth-order valence-electron chi connectivity index (χ4n) is 13.8. The predicted molar refractivity (Wildman–Crippen MR) is 319 cm³/mol. The Morgan fingerprint density at radius 2 is 1.60 bits per heavy atom. The maximum Gasteiger partial charge on any atom is 0.284 e. The molecule has 3 atom stereocenters. The van der Waals surface area contributed by atoms with Gasteiger partial charge in [0.25, 0.3) is 5.91 Å². The number of carbonyl (C=O) groups excluding carboxylic acids is 4. The smallest absolute Gasteiger partial charge is 0.284 e. The van der Waals surface area contributed by atoms with E-state index >= 15 is 0 Å². The number of hydrogen-bond acceptors (Lipinski definition) is 15. The van der Waals surface area contributed by atoms with Crippen molar-refractivity contribution in [2.45, 2.75) is 148 Å². The molecular formula is C62H74N12O7S2. The summed E-state index contributed by atoms with van der Waals surface area (Å²) in [6.45, 7) is 10.1. The largest absolute Gasteiger partial charge is 0.391 e. The van der Waals surface area contributed by atoms with E-state index in [0.29, 0.717) is 46.6 Å². The average Bonchev–Trinajstić information content (AvgIpc) is 3.82. The number of hydrogen-bond donors (Lipinski definition) is 5. The molecule has 0 unspecified atom stereocenters. The maximum absolute atomic E-state index is 14.5. The fourth-order valence-corrected chi connectivity index (χ4v) is 15.7. The number of thiazole rings is 1. The Morgan fingerprint density at radius 1 is 0.892 bits per heavy atom. The molecule has 6 aliphatic rings. The number of rotatable bonds is 20. The van der Waals surface area contributed by atoms with Gasteiger partial charge in [0.05, 0.1) is 33.8 Å². The molecule has 6 fully saturated rings. The highest BCUT2D eigenvalue weighted by atomic mass is 32.2. The SMILES string of the molecule is C#Cc1ccc(C2(NC(=O)[C@@H]3C[C@@H](O)CN3C(=O)[C@@H](NC(=O)CCCCCS(=O)(=O)NC(=O)c3nc(N(C)c4cc(C)c(Nc5nc6ccccc6s5)nn4)ccc3-c3cnn(CC45CC6CC(CC(C6)C4)C5)c3C)C(C)(C)C)CC2)cc1. The Morgan fingerprint density at radius 3 is 2.27 bits per heavy atom. The summed E-state index contributed by atoms with van der Waals surface area (Å²) in [6, 6.07) is 18.7. The summed E-state index contributed by atoms with van der Waals surface area (Å²) in [5.74, 6) is 3.65. The number of β-amino-alcohol motifs (C(OH)–C–C–N with tert-alkyl or cyclic N) is 1. The minimum absolute atomic E-state index is 0.00439. The van der Waals surface area contributed by atoms with Crippen LogP contribution in [-0.2, 0) is 36.5 Å². The number of nitrogens with one attached hydrogen (secondary N) is 4. The lowest BCUT2D eigenvalue weighted by molar-refractivity contribution is -0.144. The predicted octanol–water partition coefficient (Wildman–Crippen LogP) is 8.59. The van der Waals surface area contributed by atoms with Crippen LogP contribution in [0.2, 0.25) is 0 Å². The average molecular weight is 1160 g/mol. The molecule has 12 rings (SSSR count). The number of carbonyl (C=O) groups is 4. The van der Waals surface area contributed by atoms with Crippen LogP contribution in [0.3, 0.4) is 0 Å². The molecule has 5 heterocycles. The van der Waals surface area contributed by atoms with Gasteiger partial charge in [-0.2, -0.15) is 5.10 Å². The number of para-hydroxylation sites is 1. The van der Waals surface area contributed by atoms with Gasteiger partial charge in [-0.1, -0.05) is 68.7 Å². The Balaban J connectivity index is 0.739. The normalized spacial score (nSPS) is 22.7. The van der Waals surface area contributed by atoms with Gasteiger partial charge in [-0.05, 0) is 160 Å². The minimum atomic E-state index is -4.22. The number of benzene rings is 2. The highest BCUT2D eigenvalue weighted by Gasteiger charge is 2.52. The lowest BCUT2D eigenvalue weighted by Crippen LogP contribution is -2.58. The van der Waals surface area contributed by atoms with Gasteiger partial charge in [0.1, 0.15) is 23.6 Å². The van der Waals surface area contributed by atoms with Gasteiger partial charge >= 0.3 is 0 Å². The minimum Gasteiger partial charge on any atom is -0.391 e. The molecule has 0 spiro atoms. The van der Waals surface area contributed by atoms with Crippen molar-refractivity contribution in [3.63, 3.8) is 0 Å². The number of unbranched alkanes of at least 4 members (excludes halogenated alkanes) is 2. The third-order valence-corrected chi connectivity index (χ3v) is 20.2. The topological polar surface area (TPSA) is 247 Å². The number of terminal acetylenes is 1. The van der Waals surface area contributed by atoms with Crippen LogP contribution in [0.15, 0.2) is 72.9 Å². The third-order valence-electron chi connectivity index (χ3n) is 17.9. The summed E-state index contributed by atoms with van der Waals surface area (Å²) in [5.41, 5.74) is 4.04. The van der Waals surface area contributed by atoms with Gasteiger partial charge in [-0.15, -0.1) is 16.6 Å². The fraction of sp³-hybridized carbons (Fsp3) is 0.500. The Kier molecular flexibility index (Phi) is 15.7. The van der Waals surface area contributed by atoms with Gasteiger partial charge in [-0.3, -0.25) is 23.9 Å². The van der Waals surface area contributed by atoms with Crippen molar-refractivity contribution < 1.29 is 32.7 Å². The van der Waals surface area contributed by atoms with E-state index in [0.717, 1.165) is 69.7 Å². The van der Waals surface area contributed by atoms with E-state index < -0.39 is 62.6 Å². The van der Waals surface area contributed by atoms with E-state index in [9.17, 15) is 32.7 Å². The number of aliphatic hydroxyl groups excluding tert-OH is 1. The van der Waals surface area contributed by atoms with Crippen LogP contribution >= 0.6 is 11.3 Å². The molecule has 2 aromatic carbocycles. The highest BCUT2D eigenvalue weighted by molar-refractivity contribution is 7.90. The number of likely N-dealkylation sites (tertiary alicyclic amines) is 1. The Labute approximate surface area is 489 Å². The number of aryl methyl sites for hydroxylation is 1. The summed E-state index contributed by atoms with van der Waals surface area (Å²) in [4.78, 5) is 68.8. The zero-order valence-corrected chi connectivity index (χ0v) is 49.7. The molecule has 4 amide bonds. The maximum atomic E-state index is 14.5. The monoisotopic (exact) mass is 1160 g/mol. The van der Waals surface area contributed by atoms with Crippen LogP contribution in [0.5, 0.6) is 0 Å². The molecule has 83 heavy (non-hydrogen) atoms. The number of pyridine rings is 1. The van der Waals surface area contributed by atoms with Crippen LogP contribution in [-0.4, -0.2) is 110 Å². The van der Waals surface area contributed by atoms with E-state index in [2.05, 4.69) is 46.5 Å². The molecule has 5 N–H and O–H groups in total. The number of aliphatic hydroxyl groups is 1. The quantitative estimate of drug-likeness (QED) is 0.0355. The van der Waals surface area contributed by atoms with Gasteiger partial charge < -0.3 is 30.9 Å². The summed E-state index contributed by atoms with van der Waals surface area (Å²) < 4.78 is 33.0. The van der Waals surface area contributed by atoms with E-state index in [1.165, 1.54) is 54.8 Å². The molecule has 19 nitrogen and oxygen atoms in total. The van der Waals surface area contributed by atoms with E-state index in [1.54, 1.807) is 30.3 Å². The standard InChI is InChI=1S/C62H74N12O7S2/c1-8-39-17-19-43(20-18-39)62(23-24-62)68-56(77)48-30-44(75)35-73(48)58(79)54(60(4,5)6)66-52(76)16-10-9-13-25-83(80,81)71-57(78)53-45(46-34-63-74(38(46)3)36-61-31-40-27-41(32-61)29-42(28-40)33-61)21-22-50(65-53)72(7)51-26-37(2)55(70-69-51)67-59-64-47-14-11-12-15-49(47)82-59/h1,11-12,14-15,17-22,26,34,40-42,44,48,54,75H,9-10,13,16,23-25,27-33,35-36H2,2-7H3,(H,66,76)(H,68,77)(H,71,78)(H,64,67,70)/t40?,41?,42?,44-,48+,54-,61?/m1/s1. The molecule has 5 saturated carbocycles. The van der Waals surface area contributed by atoms with Crippen LogP contribution in [0.25, 0.3) is 21.3 Å². The number of aromatic nitrogens is 6. The first-order chi connectivity index (χ1) is 39.6. The van der Waals surface area contributed by atoms with Crippen molar-refractivity contribution in [2.24, 2.45) is 28.6 Å². The van der Waals surface area contributed by atoms with E-state index in [1.807, 2.05) is 89.2 Å². The first-order valence-electron chi connectivity index (χ1n) is 29.0. The molecule has 5 aliphatic carbocycles. The van der Waals surface area contributed by atoms with Gasteiger partial charge in [0.2, 0.25) is 27.7 Å². The highest BCUT2D eigenvalue weighted by Crippen LogP contribution is 2.60. The third kappa shape index (κ3) is 12.4. The molecule has 4 aromatic heterocycles.